The molecule has 36 heavy (non-hydrogen) atoms. The minimum Gasteiger partial charge on any atom is -0.489 e. The van der Waals surface area contributed by atoms with Gasteiger partial charge < -0.3 is 34.6 Å². The molecular formula is C24H32F2N4O6. The molecular weight excluding hydrogens is 478 g/mol. The number of amides is 2. The maximum absolute atomic E-state index is 13.1. The SMILES string of the molecule is CC.COC(=O)NC1CCN(C(=O)c2nc(-c3ccc(OC(F)F)c(OCC4CC4)c3)oc2CN)C1. The topological polar surface area (TPSA) is 129 Å². The van der Waals surface area contributed by atoms with Gasteiger partial charge in [0.25, 0.3) is 5.91 Å². The van der Waals surface area contributed by atoms with Crippen LogP contribution in [-0.4, -0.2) is 61.3 Å². The number of alkyl halides is 2. The van der Waals surface area contributed by atoms with Gasteiger partial charge in [-0.25, -0.2) is 9.78 Å². The molecule has 1 aliphatic carbocycles. The molecule has 1 atom stereocenters. The molecule has 10 nitrogen and oxygen atoms in total. The van der Waals surface area contributed by atoms with Crippen molar-refractivity contribution in [2.45, 2.75) is 52.3 Å². The Bertz CT molecular complexity index is 1040. The smallest absolute Gasteiger partial charge is 0.407 e. The molecule has 1 aromatic carbocycles. The molecule has 1 aromatic heterocycles. The Morgan fingerprint density at radius 2 is 2.00 bits per heavy atom. The van der Waals surface area contributed by atoms with E-state index in [1.54, 1.807) is 4.90 Å². The Kier molecular flexibility index (Phi) is 9.45. The summed E-state index contributed by atoms with van der Waals surface area (Å²) in [7, 11) is 1.27. The lowest BCUT2D eigenvalue weighted by Crippen LogP contribution is -2.38. The molecule has 1 saturated heterocycles. The number of nitrogens with zero attached hydrogens (tertiary/aromatic N) is 2. The normalized spacial score (nSPS) is 16.9. The Balaban J connectivity index is 0.00000176. The molecule has 198 valence electrons. The van der Waals surface area contributed by atoms with Crippen LogP contribution in [0.2, 0.25) is 0 Å². The second kappa shape index (κ2) is 12.5. The van der Waals surface area contributed by atoms with Crippen molar-refractivity contribution >= 4 is 12.0 Å². The van der Waals surface area contributed by atoms with Gasteiger partial charge in [-0.15, -0.1) is 0 Å². The van der Waals surface area contributed by atoms with E-state index in [2.05, 4.69) is 19.8 Å². The minimum absolute atomic E-state index is 0.0598. The highest BCUT2D eigenvalue weighted by Crippen LogP contribution is 2.36. The monoisotopic (exact) mass is 510 g/mol. The van der Waals surface area contributed by atoms with E-state index in [9.17, 15) is 18.4 Å². The van der Waals surface area contributed by atoms with Crippen LogP contribution in [0.3, 0.4) is 0 Å². The molecule has 2 amide bonds. The van der Waals surface area contributed by atoms with E-state index < -0.39 is 12.7 Å². The summed E-state index contributed by atoms with van der Waals surface area (Å²) < 4.78 is 46.2. The van der Waals surface area contributed by atoms with E-state index in [-0.39, 0.29) is 47.3 Å². The lowest BCUT2D eigenvalue weighted by atomic mass is 10.2. The number of ether oxygens (including phenoxy) is 3. The first-order chi connectivity index (χ1) is 17.4. The zero-order chi connectivity index (χ0) is 26.2. The Labute approximate surface area is 208 Å². The molecule has 1 aliphatic heterocycles. The highest BCUT2D eigenvalue weighted by atomic mass is 19.3. The number of alkyl carbamates (subject to hydrolysis) is 1. The van der Waals surface area contributed by atoms with Gasteiger partial charge >= 0.3 is 12.7 Å². The molecule has 12 heteroatoms. The van der Waals surface area contributed by atoms with Crippen molar-refractivity contribution in [3.05, 3.63) is 29.7 Å². The minimum atomic E-state index is -3.00. The van der Waals surface area contributed by atoms with Crippen molar-refractivity contribution < 1.29 is 37.0 Å². The van der Waals surface area contributed by atoms with Crippen molar-refractivity contribution in [1.82, 2.24) is 15.2 Å². The Morgan fingerprint density at radius 1 is 1.25 bits per heavy atom. The number of oxazole rings is 1. The van der Waals surface area contributed by atoms with Crippen LogP contribution >= 0.6 is 0 Å². The highest BCUT2D eigenvalue weighted by Gasteiger charge is 2.32. The van der Waals surface area contributed by atoms with Gasteiger partial charge in [-0.2, -0.15) is 8.78 Å². The summed E-state index contributed by atoms with van der Waals surface area (Å²) in [6.07, 6.45) is 2.06. The fourth-order valence-corrected chi connectivity index (χ4v) is 3.66. The summed E-state index contributed by atoms with van der Waals surface area (Å²) in [5, 5.41) is 2.67. The number of carbonyl (C=O) groups is 2. The second-order valence-electron chi connectivity index (χ2n) is 8.16. The third-order valence-corrected chi connectivity index (χ3v) is 5.65. The van der Waals surface area contributed by atoms with Crippen LogP contribution in [-0.2, 0) is 11.3 Å². The summed E-state index contributed by atoms with van der Waals surface area (Å²) in [5.41, 5.74) is 6.26. The number of carbonyl (C=O) groups excluding carboxylic acids is 2. The molecule has 1 unspecified atom stereocenters. The van der Waals surface area contributed by atoms with Gasteiger partial charge in [-0.3, -0.25) is 4.79 Å². The first kappa shape index (κ1) is 27.2. The van der Waals surface area contributed by atoms with Crippen LogP contribution in [0.25, 0.3) is 11.5 Å². The molecule has 2 aliphatic rings. The van der Waals surface area contributed by atoms with Crippen molar-refractivity contribution in [3.8, 4) is 23.0 Å². The lowest BCUT2D eigenvalue weighted by Gasteiger charge is -2.15. The number of aromatic nitrogens is 1. The quantitative estimate of drug-likeness (QED) is 0.521. The molecule has 0 spiro atoms. The third-order valence-electron chi connectivity index (χ3n) is 5.65. The first-order valence-corrected chi connectivity index (χ1v) is 11.9. The van der Waals surface area contributed by atoms with Crippen molar-refractivity contribution in [1.29, 1.82) is 0 Å². The van der Waals surface area contributed by atoms with Crippen LogP contribution in [0.5, 0.6) is 11.5 Å². The summed E-state index contributed by atoms with van der Waals surface area (Å²) in [6.45, 7) is 2.03. The van der Waals surface area contributed by atoms with Crippen molar-refractivity contribution in [2.24, 2.45) is 11.7 Å². The number of rotatable bonds is 9. The number of halogens is 2. The molecule has 4 rings (SSSR count). The summed E-state index contributed by atoms with van der Waals surface area (Å²) in [6, 6.07) is 4.10. The Hall–Kier alpha value is -3.41. The second-order valence-corrected chi connectivity index (χ2v) is 8.16. The van der Waals surface area contributed by atoms with Gasteiger partial charge in [-0.05, 0) is 43.4 Å². The van der Waals surface area contributed by atoms with Gasteiger partial charge in [0.05, 0.1) is 26.3 Å². The third kappa shape index (κ3) is 6.84. The summed E-state index contributed by atoms with van der Waals surface area (Å²) in [4.78, 5) is 30.4. The van der Waals surface area contributed by atoms with Gasteiger partial charge in [0.15, 0.2) is 23.0 Å². The lowest BCUT2D eigenvalue weighted by molar-refractivity contribution is -0.0515. The first-order valence-electron chi connectivity index (χ1n) is 11.9. The zero-order valence-electron chi connectivity index (χ0n) is 20.6. The van der Waals surface area contributed by atoms with Gasteiger partial charge in [0.1, 0.15) is 0 Å². The number of nitrogens with two attached hydrogens (primary N) is 1. The number of hydrogen-bond acceptors (Lipinski definition) is 8. The van der Waals surface area contributed by atoms with E-state index in [0.29, 0.717) is 37.6 Å². The number of methoxy groups -OCH3 is 1. The standard InChI is InChI=1S/C22H26F2N4O6.C2H6/c1-31-22(30)26-14-6-7-28(10-14)20(29)18-17(9-25)33-19(27-18)13-4-5-15(34-21(23)24)16(8-13)32-11-12-2-3-12;1-2/h4-5,8,12,14,21H,2-3,6-7,9-11,25H2,1H3,(H,26,30);1-2H3. The Morgan fingerprint density at radius 3 is 2.64 bits per heavy atom. The van der Waals surface area contributed by atoms with Crippen molar-refractivity contribution in [3.63, 3.8) is 0 Å². The van der Waals surface area contributed by atoms with Crippen LogP contribution in [0.15, 0.2) is 22.6 Å². The largest absolute Gasteiger partial charge is 0.489 e. The molecule has 0 bridgehead atoms. The fourth-order valence-electron chi connectivity index (χ4n) is 3.66. The van der Waals surface area contributed by atoms with Crippen LogP contribution in [0.1, 0.15) is 49.4 Å². The molecule has 2 aromatic rings. The fraction of sp³-hybridized carbons (Fsp3) is 0.542. The summed E-state index contributed by atoms with van der Waals surface area (Å²) in [5.74, 6) is 0.358. The number of hydrogen-bond donors (Lipinski definition) is 2. The van der Waals surface area contributed by atoms with E-state index in [1.165, 1.54) is 25.3 Å². The maximum Gasteiger partial charge on any atom is 0.407 e. The van der Waals surface area contributed by atoms with E-state index in [4.69, 9.17) is 14.9 Å². The van der Waals surface area contributed by atoms with Crippen LogP contribution in [0.4, 0.5) is 13.6 Å². The van der Waals surface area contributed by atoms with E-state index in [1.807, 2.05) is 13.8 Å². The number of likely N-dealkylation sites (tertiary alicyclic amines) is 1. The predicted octanol–water partition coefficient (Wildman–Crippen LogP) is 3.79. The number of nitrogens with one attached hydrogen (secondary N) is 1. The van der Waals surface area contributed by atoms with Gasteiger partial charge in [0, 0.05) is 18.7 Å². The van der Waals surface area contributed by atoms with E-state index in [0.717, 1.165) is 12.8 Å². The maximum atomic E-state index is 13.1. The van der Waals surface area contributed by atoms with Gasteiger partial charge in [-0.1, -0.05) is 13.8 Å². The highest BCUT2D eigenvalue weighted by molar-refractivity contribution is 5.94. The van der Waals surface area contributed by atoms with Crippen molar-refractivity contribution in [2.75, 3.05) is 26.8 Å². The molecule has 0 radical (unpaired) electrons. The zero-order valence-corrected chi connectivity index (χ0v) is 20.6. The molecule has 1 saturated carbocycles. The summed E-state index contributed by atoms with van der Waals surface area (Å²) >= 11 is 0. The van der Waals surface area contributed by atoms with Crippen LogP contribution in [0, 0.1) is 5.92 Å². The van der Waals surface area contributed by atoms with Gasteiger partial charge in [0.2, 0.25) is 5.89 Å². The number of benzene rings is 1. The predicted molar refractivity (Wildman–Crippen MR) is 126 cm³/mol. The average molecular weight is 511 g/mol. The molecule has 2 heterocycles. The molecule has 3 N–H and O–H groups in total. The van der Waals surface area contributed by atoms with E-state index >= 15 is 0 Å². The average Bonchev–Trinajstić information content (AvgIpc) is 3.42. The van der Waals surface area contributed by atoms with Crippen LogP contribution < -0.4 is 20.5 Å². The molecule has 2 fully saturated rings.